The number of nitrogens with zero attached hydrogens (tertiary/aromatic N) is 1. The minimum Gasteiger partial charge on any atom is -0.495 e. The zero-order valence-corrected chi connectivity index (χ0v) is 13.8. The quantitative estimate of drug-likeness (QED) is 0.848. The van der Waals surface area contributed by atoms with Gasteiger partial charge in [-0.2, -0.15) is 0 Å². The lowest BCUT2D eigenvalue weighted by Crippen LogP contribution is -2.37. The van der Waals surface area contributed by atoms with Crippen molar-refractivity contribution in [3.05, 3.63) is 58.4 Å². The van der Waals surface area contributed by atoms with Crippen molar-refractivity contribution in [3.63, 3.8) is 0 Å². The molecule has 128 valence electrons. The molecule has 2 aromatic carbocycles. The molecule has 1 N–H and O–H groups in total. The van der Waals surface area contributed by atoms with Gasteiger partial charge in [0.1, 0.15) is 18.1 Å². The molecule has 0 aromatic heterocycles. The molecule has 0 radical (unpaired) electrons. The number of ether oxygens (including phenoxy) is 1. The standard InChI is InChI=1S/C17H12ClFN2O4/c1-25-13-6-5-9(18)7-12(13)20-14(22)8-21-16(23)10-3-2-4-11(19)15(10)17(21)24/h2-7H,8H2,1H3,(H,20,22). The number of amides is 3. The average molecular weight is 363 g/mol. The van der Waals surface area contributed by atoms with Crippen LogP contribution < -0.4 is 10.1 Å². The Balaban J connectivity index is 1.79. The molecular weight excluding hydrogens is 351 g/mol. The molecule has 1 aliphatic heterocycles. The van der Waals surface area contributed by atoms with Gasteiger partial charge in [-0.3, -0.25) is 19.3 Å². The maximum Gasteiger partial charge on any atom is 0.265 e. The Labute approximate surface area is 147 Å². The van der Waals surface area contributed by atoms with Crippen molar-refractivity contribution < 1.29 is 23.5 Å². The highest BCUT2D eigenvalue weighted by Crippen LogP contribution is 2.28. The van der Waals surface area contributed by atoms with Crippen molar-refractivity contribution in [1.82, 2.24) is 4.90 Å². The van der Waals surface area contributed by atoms with Gasteiger partial charge in [-0.15, -0.1) is 0 Å². The third kappa shape index (κ3) is 3.06. The highest BCUT2D eigenvalue weighted by atomic mass is 35.5. The van der Waals surface area contributed by atoms with Gasteiger partial charge in [0.05, 0.1) is 23.9 Å². The summed E-state index contributed by atoms with van der Waals surface area (Å²) in [6, 6.07) is 8.39. The van der Waals surface area contributed by atoms with Crippen molar-refractivity contribution in [2.24, 2.45) is 0 Å². The maximum atomic E-state index is 13.8. The lowest BCUT2D eigenvalue weighted by Gasteiger charge is -2.15. The first-order valence-electron chi connectivity index (χ1n) is 7.20. The van der Waals surface area contributed by atoms with E-state index in [1.807, 2.05) is 0 Å². The zero-order chi connectivity index (χ0) is 18.1. The Hall–Kier alpha value is -2.93. The van der Waals surface area contributed by atoms with Crippen molar-refractivity contribution in [1.29, 1.82) is 0 Å². The van der Waals surface area contributed by atoms with Gasteiger partial charge in [0, 0.05) is 5.02 Å². The fourth-order valence-corrected chi connectivity index (χ4v) is 2.72. The summed E-state index contributed by atoms with van der Waals surface area (Å²) < 4.78 is 18.9. The summed E-state index contributed by atoms with van der Waals surface area (Å²) in [6.45, 7) is -0.554. The lowest BCUT2D eigenvalue weighted by molar-refractivity contribution is -0.116. The highest BCUT2D eigenvalue weighted by Gasteiger charge is 2.38. The van der Waals surface area contributed by atoms with Crippen LogP contribution in [0.2, 0.25) is 5.02 Å². The summed E-state index contributed by atoms with van der Waals surface area (Å²) in [5.74, 6) is -2.63. The smallest absolute Gasteiger partial charge is 0.265 e. The second-order valence-corrected chi connectivity index (χ2v) is 5.69. The molecule has 0 saturated carbocycles. The van der Waals surface area contributed by atoms with Gasteiger partial charge in [0.2, 0.25) is 5.91 Å². The van der Waals surface area contributed by atoms with E-state index in [-0.39, 0.29) is 11.1 Å². The van der Waals surface area contributed by atoms with Gasteiger partial charge in [-0.1, -0.05) is 17.7 Å². The third-order valence-electron chi connectivity index (χ3n) is 3.69. The number of hydrogen-bond donors (Lipinski definition) is 1. The predicted octanol–water partition coefficient (Wildman–Crippen LogP) is 2.72. The topological polar surface area (TPSA) is 75.7 Å². The number of imide groups is 1. The SMILES string of the molecule is COc1ccc(Cl)cc1NC(=O)CN1C(=O)c2cccc(F)c2C1=O. The minimum absolute atomic E-state index is 0.0573. The number of benzene rings is 2. The molecule has 1 heterocycles. The zero-order valence-electron chi connectivity index (χ0n) is 13.0. The maximum absolute atomic E-state index is 13.8. The van der Waals surface area contributed by atoms with Crippen LogP contribution in [0.25, 0.3) is 0 Å². The Morgan fingerprint density at radius 3 is 2.68 bits per heavy atom. The molecule has 3 amide bonds. The molecule has 0 fully saturated rings. The van der Waals surface area contributed by atoms with E-state index in [0.717, 1.165) is 6.07 Å². The summed E-state index contributed by atoms with van der Waals surface area (Å²) in [5.41, 5.74) is -0.0819. The third-order valence-corrected chi connectivity index (χ3v) is 3.92. The second-order valence-electron chi connectivity index (χ2n) is 5.25. The number of carbonyl (C=O) groups excluding carboxylic acids is 3. The molecule has 0 spiro atoms. The number of methoxy groups -OCH3 is 1. The average Bonchev–Trinajstić information content (AvgIpc) is 2.81. The van der Waals surface area contributed by atoms with Crippen LogP contribution in [-0.4, -0.2) is 36.3 Å². The second kappa shape index (κ2) is 6.52. The predicted molar refractivity (Wildman–Crippen MR) is 88.4 cm³/mol. The van der Waals surface area contributed by atoms with Gasteiger partial charge in [0.25, 0.3) is 11.8 Å². The number of hydrogen-bond acceptors (Lipinski definition) is 4. The van der Waals surface area contributed by atoms with Crippen LogP contribution in [0.5, 0.6) is 5.75 Å². The van der Waals surface area contributed by atoms with E-state index in [2.05, 4.69) is 5.32 Å². The van der Waals surface area contributed by atoms with Crippen molar-refractivity contribution in [2.75, 3.05) is 19.0 Å². The number of halogens is 2. The van der Waals surface area contributed by atoms with Crippen LogP contribution in [0.15, 0.2) is 36.4 Å². The first-order chi connectivity index (χ1) is 11.9. The Morgan fingerprint density at radius 1 is 1.24 bits per heavy atom. The van der Waals surface area contributed by atoms with E-state index in [4.69, 9.17) is 16.3 Å². The first kappa shape index (κ1) is 16.9. The normalized spacial score (nSPS) is 13.0. The molecule has 1 aliphatic rings. The molecule has 0 saturated heterocycles. The van der Waals surface area contributed by atoms with Crippen LogP contribution in [0.1, 0.15) is 20.7 Å². The minimum atomic E-state index is -0.841. The van der Waals surface area contributed by atoms with Gasteiger partial charge in [-0.25, -0.2) is 4.39 Å². The number of carbonyl (C=O) groups is 3. The number of rotatable bonds is 4. The summed E-state index contributed by atoms with van der Waals surface area (Å²) in [5, 5.41) is 2.90. The monoisotopic (exact) mass is 362 g/mol. The van der Waals surface area contributed by atoms with Crippen molar-refractivity contribution in [3.8, 4) is 5.75 Å². The number of anilines is 1. The molecule has 0 bridgehead atoms. The number of nitrogens with one attached hydrogen (secondary N) is 1. The molecule has 0 unspecified atom stereocenters. The van der Waals surface area contributed by atoms with Crippen LogP contribution in [0, 0.1) is 5.82 Å². The largest absolute Gasteiger partial charge is 0.495 e. The summed E-state index contributed by atoms with van der Waals surface area (Å²) in [6.07, 6.45) is 0. The summed E-state index contributed by atoms with van der Waals surface area (Å²) in [7, 11) is 1.42. The van der Waals surface area contributed by atoms with Gasteiger partial charge in [0.15, 0.2) is 0 Å². The van der Waals surface area contributed by atoms with Crippen LogP contribution in [0.3, 0.4) is 0 Å². The molecule has 0 aliphatic carbocycles. The van der Waals surface area contributed by atoms with Crippen LogP contribution in [-0.2, 0) is 4.79 Å². The Bertz CT molecular complexity index is 900. The van der Waals surface area contributed by atoms with E-state index in [9.17, 15) is 18.8 Å². The van der Waals surface area contributed by atoms with Crippen LogP contribution >= 0.6 is 11.6 Å². The highest BCUT2D eigenvalue weighted by molar-refractivity contribution is 6.31. The molecular formula is C17H12ClFN2O4. The van der Waals surface area contributed by atoms with Crippen molar-refractivity contribution in [2.45, 2.75) is 0 Å². The van der Waals surface area contributed by atoms with E-state index in [0.29, 0.717) is 21.4 Å². The molecule has 8 heteroatoms. The Kier molecular flexibility index (Phi) is 4.41. The first-order valence-corrected chi connectivity index (χ1v) is 7.58. The molecule has 6 nitrogen and oxygen atoms in total. The molecule has 3 rings (SSSR count). The van der Waals surface area contributed by atoms with E-state index < -0.39 is 30.1 Å². The van der Waals surface area contributed by atoms with E-state index in [1.54, 1.807) is 12.1 Å². The van der Waals surface area contributed by atoms with Gasteiger partial charge >= 0.3 is 0 Å². The van der Waals surface area contributed by atoms with Crippen LogP contribution in [0.4, 0.5) is 10.1 Å². The molecule has 25 heavy (non-hydrogen) atoms. The van der Waals surface area contributed by atoms with Crippen molar-refractivity contribution >= 4 is 35.0 Å². The fourth-order valence-electron chi connectivity index (χ4n) is 2.55. The molecule has 0 atom stereocenters. The van der Waals surface area contributed by atoms with Gasteiger partial charge in [-0.05, 0) is 30.3 Å². The van der Waals surface area contributed by atoms with E-state index in [1.165, 1.54) is 25.3 Å². The Morgan fingerprint density at radius 2 is 2.00 bits per heavy atom. The molecule has 2 aromatic rings. The lowest BCUT2D eigenvalue weighted by atomic mass is 10.1. The van der Waals surface area contributed by atoms with E-state index >= 15 is 0 Å². The van der Waals surface area contributed by atoms with Gasteiger partial charge < -0.3 is 10.1 Å². The summed E-state index contributed by atoms with van der Waals surface area (Å²) in [4.78, 5) is 37.4. The fraction of sp³-hybridized carbons (Fsp3) is 0.118. The summed E-state index contributed by atoms with van der Waals surface area (Å²) >= 11 is 5.89. The number of fused-ring (bicyclic) bond motifs is 1.